The van der Waals surface area contributed by atoms with E-state index in [9.17, 15) is 18.0 Å². The SMILES string of the molecule is O=C1CCSc2ccc(C(=O)Nc3ccc(S(=O)(=O)N4CCCCCC4)cc3)cc2N1. The summed E-state index contributed by atoms with van der Waals surface area (Å²) in [4.78, 5) is 25.6. The van der Waals surface area contributed by atoms with Gasteiger partial charge in [-0.05, 0) is 55.3 Å². The highest BCUT2D eigenvalue weighted by Gasteiger charge is 2.25. The largest absolute Gasteiger partial charge is 0.325 e. The lowest BCUT2D eigenvalue weighted by atomic mass is 10.1. The highest BCUT2D eigenvalue weighted by atomic mass is 32.2. The highest BCUT2D eigenvalue weighted by molar-refractivity contribution is 7.99. The molecule has 0 aliphatic carbocycles. The molecule has 31 heavy (non-hydrogen) atoms. The summed E-state index contributed by atoms with van der Waals surface area (Å²) in [7, 11) is -3.52. The second-order valence-electron chi connectivity index (χ2n) is 7.65. The number of nitrogens with zero attached hydrogens (tertiary/aromatic N) is 1. The first-order chi connectivity index (χ1) is 14.9. The zero-order valence-corrected chi connectivity index (χ0v) is 18.7. The smallest absolute Gasteiger partial charge is 0.255 e. The number of nitrogens with one attached hydrogen (secondary N) is 2. The molecule has 2 aliphatic heterocycles. The van der Waals surface area contributed by atoms with E-state index in [2.05, 4.69) is 10.6 Å². The Morgan fingerprint density at radius 2 is 1.71 bits per heavy atom. The molecule has 1 saturated heterocycles. The molecule has 2 amide bonds. The number of hydrogen-bond donors (Lipinski definition) is 2. The molecule has 2 aliphatic rings. The molecule has 164 valence electrons. The maximum absolute atomic E-state index is 12.9. The molecule has 0 spiro atoms. The third-order valence-electron chi connectivity index (χ3n) is 5.42. The second-order valence-corrected chi connectivity index (χ2v) is 10.7. The normalized spacial score (nSPS) is 17.7. The van der Waals surface area contributed by atoms with E-state index in [1.807, 2.05) is 6.07 Å². The summed E-state index contributed by atoms with van der Waals surface area (Å²) in [6.45, 7) is 1.10. The zero-order chi connectivity index (χ0) is 21.8. The molecule has 4 rings (SSSR count). The Balaban J connectivity index is 1.46. The Hall–Kier alpha value is -2.36. The van der Waals surface area contributed by atoms with Gasteiger partial charge in [-0.1, -0.05) is 12.8 Å². The Morgan fingerprint density at radius 3 is 2.42 bits per heavy atom. The zero-order valence-electron chi connectivity index (χ0n) is 17.1. The van der Waals surface area contributed by atoms with Gasteiger partial charge < -0.3 is 10.6 Å². The van der Waals surface area contributed by atoms with E-state index >= 15 is 0 Å². The molecule has 0 atom stereocenters. The summed E-state index contributed by atoms with van der Waals surface area (Å²) >= 11 is 1.58. The van der Waals surface area contributed by atoms with Crippen LogP contribution in [0.2, 0.25) is 0 Å². The van der Waals surface area contributed by atoms with Gasteiger partial charge in [0.2, 0.25) is 15.9 Å². The maximum atomic E-state index is 12.9. The number of hydrogen-bond acceptors (Lipinski definition) is 5. The van der Waals surface area contributed by atoms with Gasteiger partial charge in [-0.3, -0.25) is 9.59 Å². The number of fused-ring (bicyclic) bond motifs is 1. The van der Waals surface area contributed by atoms with E-state index in [-0.39, 0.29) is 16.7 Å². The number of sulfonamides is 1. The lowest BCUT2D eigenvalue weighted by Gasteiger charge is -2.20. The van der Waals surface area contributed by atoms with Crippen LogP contribution in [0.4, 0.5) is 11.4 Å². The molecular weight excluding hydrogens is 434 g/mol. The Morgan fingerprint density at radius 1 is 1.00 bits per heavy atom. The van der Waals surface area contributed by atoms with Crippen LogP contribution in [-0.2, 0) is 14.8 Å². The van der Waals surface area contributed by atoms with Crippen molar-refractivity contribution in [2.24, 2.45) is 0 Å². The van der Waals surface area contributed by atoms with Crippen LogP contribution in [0.25, 0.3) is 0 Å². The van der Waals surface area contributed by atoms with E-state index < -0.39 is 10.0 Å². The monoisotopic (exact) mass is 459 g/mol. The number of thioether (sulfide) groups is 1. The van der Waals surface area contributed by atoms with Crippen LogP contribution >= 0.6 is 11.8 Å². The van der Waals surface area contributed by atoms with Crippen molar-refractivity contribution in [1.82, 2.24) is 4.31 Å². The standard InChI is InChI=1S/C22H25N3O4S2/c26-21-11-14-30-20-10-5-16(15-19(20)24-21)22(27)23-17-6-8-18(9-7-17)31(28,29)25-12-3-1-2-4-13-25/h5-10,15H,1-4,11-14H2,(H,23,27)(H,24,26). The van der Waals surface area contributed by atoms with Gasteiger partial charge in [0.15, 0.2) is 0 Å². The molecule has 1 fully saturated rings. The van der Waals surface area contributed by atoms with Crippen LogP contribution in [0.1, 0.15) is 42.5 Å². The molecule has 2 heterocycles. The van der Waals surface area contributed by atoms with Crippen molar-refractivity contribution < 1.29 is 18.0 Å². The maximum Gasteiger partial charge on any atom is 0.255 e. The summed E-state index contributed by atoms with van der Waals surface area (Å²) in [5, 5.41) is 5.62. The summed E-state index contributed by atoms with van der Waals surface area (Å²) in [6.07, 6.45) is 4.32. The van der Waals surface area contributed by atoms with Gasteiger partial charge in [-0.25, -0.2) is 8.42 Å². The average molecular weight is 460 g/mol. The molecule has 9 heteroatoms. The van der Waals surface area contributed by atoms with Crippen LogP contribution < -0.4 is 10.6 Å². The van der Waals surface area contributed by atoms with Gasteiger partial charge in [-0.15, -0.1) is 11.8 Å². The summed E-state index contributed by atoms with van der Waals surface area (Å²) in [6, 6.07) is 11.5. The number of rotatable bonds is 4. The predicted molar refractivity (Wildman–Crippen MR) is 122 cm³/mol. The topological polar surface area (TPSA) is 95.6 Å². The van der Waals surface area contributed by atoms with Crippen LogP contribution in [-0.4, -0.2) is 43.4 Å². The lowest BCUT2D eigenvalue weighted by Crippen LogP contribution is -2.31. The minimum Gasteiger partial charge on any atom is -0.325 e. The molecule has 0 saturated carbocycles. The minimum absolute atomic E-state index is 0.0648. The molecule has 2 aromatic carbocycles. The van der Waals surface area contributed by atoms with E-state index in [0.29, 0.717) is 42.2 Å². The fourth-order valence-corrected chi connectivity index (χ4v) is 6.16. The van der Waals surface area contributed by atoms with Gasteiger partial charge in [0, 0.05) is 41.4 Å². The Kier molecular flexibility index (Phi) is 6.64. The third kappa shape index (κ3) is 5.11. The predicted octanol–water partition coefficient (Wildman–Crippen LogP) is 3.94. The molecule has 7 nitrogen and oxygen atoms in total. The first-order valence-electron chi connectivity index (χ1n) is 10.4. The van der Waals surface area contributed by atoms with Crippen molar-refractivity contribution >= 4 is 45.0 Å². The van der Waals surface area contributed by atoms with Crippen molar-refractivity contribution in [3.8, 4) is 0 Å². The van der Waals surface area contributed by atoms with Crippen molar-refractivity contribution in [3.63, 3.8) is 0 Å². The fraction of sp³-hybridized carbons (Fsp3) is 0.364. The summed E-state index contributed by atoms with van der Waals surface area (Å²) in [5.41, 5.74) is 1.56. The third-order valence-corrected chi connectivity index (χ3v) is 8.41. The average Bonchev–Trinajstić information content (AvgIpc) is 3.14. The van der Waals surface area contributed by atoms with Gasteiger partial charge >= 0.3 is 0 Å². The Bertz CT molecular complexity index is 1080. The molecule has 0 aromatic heterocycles. The van der Waals surface area contributed by atoms with Crippen molar-refractivity contribution in [2.75, 3.05) is 29.5 Å². The van der Waals surface area contributed by atoms with E-state index in [0.717, 1.165) is 30.6 Å². The quantitative estimate of drug-likeness (QED) is 0.722. The first kappa shape index (κ1) is 21.9. The number of amides is 2. The van der Waals surface area contributed by atoms with E-state index in [1.165, 1.54) is 12.1 Å². The van der Waals surface area contributed by atoms with Gasteiger partial charge in [-0.2, -0.15) is 4.31 Å². The van der Waals surface area contributed by atoms with Gasteiger partial charge in [0.1, 0.15) is 0 Å². The van der Waals surface area contributed by atoms with Crippen molar-refractivity contribution in [1.29, 1.82) is 0 Å². The minimum atomic E-state index is -3.52. The van der Waals surface area contributed by atoms with Crippen LogP contribution in [0.5, 0.6) is 0 Å². The van der Waals surface area contributed by atoms with Crippen molar-refractivity contribution in [3.05, 3.63) is 48.0 Å². The first-order valence-corrected chi connectivity index (χ1v) is 12.8. The number of carbonyl (C=O) groups is 2. The second kappa shape index (κ2) is 9.42. The molecule has 0 unspecified atom stereocenters. The van der Waals surface area contributed by atoms with Crippen LogP contribution in [0.15, 0.2) is 52.3 Å². The van der Waals surface area contributed by atoms with Gasteiger partial charge in [0.25, 0.3) is 5.91 Å². The van der Waals surface area contributed by atoms with Crippen molar-refractivity contribution in [2.45, 2.75) is 41.9 Å². The Labute approximate surface area is 186 Å². The summed E-state index contributed by atoms with van der Waals surface area (Å²) < 4.78 is 27.3. The van der Waals surface area contributed by atoms with E-state index in [4.69, 9.17) is 0 Å². The molecule has 2 aromatic rings. The number of carbonyl (C=O) groups excluding carboxylic acids is 2. The highest BCUT2D eigenvalue weighted by Crippen LogP contribution is 2.31. The fourth-order valence-electron chi connectivity index (χ4n) is 3.71. The van der Waals surface area contributed by atoms with E-state index in [1.54, 1.807) is 40.3 Å². The molecule has 0 bridgehead atoms. The molecular formula is C22H25N3O4S2. The number of benzene rings is 2. The van der Waals surface area contributed by atoms with Crippen LogP contribution in [0.3, 0.4) is 0 Å². The van der Waals surface area contributed by atoms with Gasteiger partial charge in [0.05, 0.1) is 10.6 Å². The lowest BCUT2D eigenvalue weighted by molar-refractivity contribution is -0.115. The van der Waals surface area contributed by atoms with Crippen LogP contribution in [0, 0.1) is 0 Å². The molecule has 2 N–H and O–H groups in total. The summed E-state index contributed by atoms with van der Waals surface area (Å²) in [5.74, 6) is 0.316. The number of anilines is 2. The molecule has 0 radical (unpaired) electrons.